The van der Waals surface area contributed by atoms with Crippen LogP contribution in [-0.4, -0.2) is 14.7 Å². The van der Waals surface area contributed by atoms with E-state index in [2.05, 4.69) is 10.4 Å². The molecule has 2 aromatic rings. The van der Waals surface area contributed by atoms with Gasteiger partial charge in [0.05, 0.1) is 16.3 Å². The number of aryl methyl sites for hydroxylation is 2. The van der Waals surface area contributed by atoms with Crippen molar-refractivity contribution in [3.8, 4) is 0 Å². The molecule has 1 N–H and O–H groups in total. The van der Waals surface area contributed by atoms with Crippen LogP contribution in [0.5, 0.6) is 0 Å². The van der Waals surface area contributed by atoms with Crippen molar-refractivity contribution >= 4 is 28.7 Å². The second-order valence-electron chi connectivity index (χ2n) is 4.06. The van der Waals surface area contributed by atoms with E-state index in [0.29, 0.717) is 10.7 Å². The van der Waals surface area contributed by atoms with E-state index in [-0.39, 0.29) is 5.69 Å². The highest BCUT2D eigenvalue weighted by Crippen LogP contribution is 2.31. The number of hydrogen-bond acceptors (Lipinski definition) is 4. The Kier molecular flexibility index (Phi) is 3.71. The van der Waals surface area contributed by atoms with Gasteiger partial charge in [0, 0.05) is 24.3 Å². The van der Waals surface area contributed by atoms with Gasteiger partial charge in [-0.05, 0) is 18.6 Å². The maximum atomic E-state index is 11.0. The van der Waals surface area contributed by atoms with Crippen LogP contribution in [0.2, 0.25) is 5.02 Å². The summed E-state index contributed by atoms with van der Waals surface area (Å²) in [5.41, 5.74) is 1.93. The zero-order valence-electron chi connectivity index (χ0n) is 10.6. The van der Waals surface area contributed by atoms with Gasteiger partial charge in [-0.2, -0.15) is 5.10 Å². The van der Waals surface area contributed by atoms with E-state index >= 15 is 0 Å². The molecule has 0 aliphatic heterocycles. The lowest BCUT2D eigenvalue weighted by molar-refractivity contribution is -0.383. The molecule has 0 saturated carbocycles. The molecule has 100 valence electrons. The fourth-order valence-electron chi connectivity index (χ4n) is 1.81. The Morgan fingerprint density at radius 2 is 2.21 bits per heavy atom. The zero-order valence-corrected chi connectivity index (χ0v) is 11.3. The van der Waals surface area contributed by atoms with Gasteiger partial charge < -0.3 is 5.32 Å². The molecule has 1 aromatic carbocycles. The molecule has 0 radical (unpaired) electrons. The SMILES string of the molecule is CCc1nn(C)cc1Nc1cc(Cl)ccc1[N+](=O)[O-]. The van der Waals surface area contributed by atoms with Gasteiger partial charge in [0.15, 0.2) is 0 Å². The zero-order chi connectivity index (χ0) is 14.0. The van der Waals surface area contributed by atoms with E-state index in [4.69, 9.17) is 11.6 Å². The van der Waals surface area contributed by atoms with Gasteiger partial charge >= 0.3 is 0 Å². The molecule has 0 aliphatic rings. The molecular weight excluding hydrogens is 268 g/mol. The van der Waals surface area contributed by atoms with Gasteiger partial charge in [0.25, 0.3) is 5.69 Å². The van der Waals surface area contributed by atoms with Crippen LogP contribution in [0.1, 0.15) is 12.6 Å². The van der Waals surface area contributed by atoms with E-state index in [0.717, 1.165) is 17.8 Å². The third-order valence-corrected chi connectivity index (χ3v) is 2.90. The second kappa shape index (κ2) is 5.27. The number of aromatic nitrogens is 2. The Balaban J connectivity index is 2.42. The van der Waals surface area contributed by atoms with Crippen molar-refractivity contribution in [2.24, 2.45) is 7.05 Å². The summed E-state index contributed by atoms with van der Waals surface area (Å²) < 4.78 is 1.66. The van der Waals surface area contributed by atoms with Gasteiger partial charge in [-0.15, -0.1) is 0 Å². The molecule has 6 nitrogen and oxygen atoms in total. The summed E-state index contributed by atoms with van der Waals surface area (Å²) in [5.74, 6) is 0. The highest BCUT2D eigenvalue weighted by atomic mass is 35.5. The van der Waals surface area contributed by atoms with Crippen molar-refractivity contribution < 1.29 is 4.92 Å². The normalized spacial score (nSPS) is 10.5. The summed E-state index contributed by atoms with van der Waals surface area (Å²) in [6.45, 7) is 1.97. The van der Waals surface area contributed by atoms with Crippen LogP contribution in [0.25, 0.3) is 0 Å². The first-order valence-electron chi connectivity index (χ1n) is 5.74. The molecule has 0 fully saturated rings. The third-order valence-electron chi connectivity index (χ3n) is 2.66. The lowest BCUT2D eigenvalue weighted by atomic mass is 10.2. The smallest absolute Gasteiger partial charge is 0.292 e. The van der Waals surface area contributed by atoms with Crippen molar-refractivity contribution in [1.29, 1.82) is 0 Å². The average Bonchev–Trinajstić information content (AvgIpc) is 2.69. The van der Waals surface area contributed by atoms with Crippen molar-refractivity contribution in [3.05, 3.63) is 45.2 Å². The topological polar surface area (TPSA) is 73.0 Å². The van der Waals surface area contributed by atoms with Crippen LogP contribution in [0.4, 0.5) is 17.1 Å². The number of benzene rings is 1. The number of nitrogens with one attached hydrogen (secondary N) is 1. The fourth-order valence-corrected chi connectivity index (χ4v) is 1.98. The average molecular weight is 281 g/mol. The van der Waals surface area contributed by atoms with E-state index in [1.54, 1.807) is 17.9 Å². The molecule has 19 heavy (non-hydrogen) atoms. The van der Waals surface area contributed by atoms with E-state index in [1.807, 2.05) is 6.92 Å². The van der Waals surface area contributed by atoms with Crippen LogP contribution in [0.3, 0.4) is 0 Å². The van der Waals surface area contributed by atoms with Crippen molar-refractivity contribution in [2.45, 2.75) is 13.3 Å². The Labute approximate surface area is 115 Å². The second-order valence-corrected chi connectivity index (χ2v) is 4.50. The highest BCUT2D eigenvalue weighted by molar-refractivity contribution is 6.31. The largest absolute Gasteiger partial charge is 0.347 e. The summed E-state index contributed by atoms with van der Waals surface area (Å²) in [6, 6.07) is 4.41. The number of nitro benzene ring substituents is 1. The first-order valence-corrected chi connectivity index (χ1v) is 6.12. The molecule has 0 amide bonds. The minimum Gasteiger partial charge on any atom is -0.347 e. The van der Waals surface area contributed by atoms with Crippen molar-refractivity contribution in [3.63, 3.8) is 0 Å². The summed E-state index contributed by atoms with van der Waals surface area (Å²) in [5, 5.41) is 18.7. The summed E-state index contributed by atoms with van der Waals surface area (Å²) in [7, 11) is 1.80. The predicted molar refractivity (Wildman–Crippen MR) is 74.0 cm³/mol. The lowest BCUT2D eigenvalue weighted by Crippen LogP contribution is -1.98. The predicted octanol–water partition coefficient (Wildman–Crippen LogP) is 3.29. The molecule has 7 heteroatoms. The minimum absolute atomic E-state index is 0.0182. The first kappa shape index (κ1) is 13.4. The van der Waals surface area contributed by atoms with Crippen LogP contribution in [0.15, 0.2) is 24.4 Å². The van der Waals surface area contributed by atoms with Crippen LogP contribution in [0, 0.1) is 10.1 Å². The molecule has 0 atom stereocenters. The standard InChI is InChI=1S/C12H13ClN4O2/c1-3-9-11(7-16(2)15-9)14-10-6-8(13)4-5-12(10)17(18)19/h4-7,14H,3H2,1-2H3. The third kappa shape index (κ3) is 2.85. The molecule has 0 aliphatic carbocycles. The van der Waals surface area contributed by atoms with Crippen LogP contribution < -0.4 is 5.32 Å². The molecule has 0 bridgehead atoms. The summed E-state index contributed by atoms with van der Waals surface area (Å²) in [4.78, 5) is 10.5. The van der Waals surface area contributed by atoms with Crippen LogP contribution >= 0.6 is 11.6 Å². The van der Waals surface area contributed by atoms with Gasteiger partial charge in [0.2, 0.25) is 0 Å². The van der Waals surface area contributed by atoms with Gasteiger partial charge in [-0.25, -0.2) is 0 Å². The Morgan fingerprint density at radius 3 is 2.84 bits per heavy atom. The molecule has 2 rings (SSSR count). The van der Waals surface area contributed by atoms with Gasteiger partial charge in [0.1, 0.15) is 5.69 Å². The monoisotopic (exact) mass is 280 g/mol. The lowest BCUT2D eigenvalue weighted by Gasteiger charge is -2.06. The fraction of sp³-hybridized carbons (Fsp3) is 0.250. The molecule has 1 aromatic heterocycles. The quantitative estimate of drug-likeness (QED) is 0.689. The number of rotatable bonds is 4. The van der Waals surface area contributed by atoms with Gasteiger partial charge in [-0.3, -0.25) is 14.8 Å². The number of nitrogens with zero attached hydrogens (tertiary/aromatic N) is 3. The molecule has 1 heterocycles. The van der Waals surface area contributed by atoms with Crippen molar-refractivity contribution in [1.82, 2.24) is 9.78 Å². The Morgan fingerprint density at radius 1 is 1.47 bits per heavy atom. The number of halogens is 1. The Hall–Kier alpha value is -2.08. The van der Waals surface area contributed by atoms with E-state index < -0.39 is 4.92 Å². The number of anilines is 2. The maximum absolute atomic E-state index is 11.0. The summed E-state index contributed by atoms with van der Waals surface area (Å²) >= 11 is 5.88. The molecule has 0 saturated heterocycles. The number of hydrogen-bond donors (Lipinski definition) is 1. The molecule has 0 unspecified atom stereocenters. The van der Waals surface area contributed by atoms with Crippen molar-refractivity contribution in [2.75, 3.05) is 5.32 Å². The van der Waals surface area contributed by atoms with E-state index in [1.165, 1.54) is 18.2 Å². The molecule has 0 spiro atoms. The van der Waals surface area contributed by atoms with Crippen LogP contribution in [-0.2, 0) is 13.5 Å². The number of nitro groups is 1. The van der Waals surface area contributed by atoms with E-state index in [9.17, 15) is 10.1 Å². The van der Waals surface area contributed by atoms with Gasteiger partial charge in [-0.1, -0.05) is 18.5 Å². The molecular formula is C12H13ClN4O2. The minimum atomic E-state index is -0.444. The Bertz CT molecular complexity index is 624. The highest BCUT2D eigenvalue weighted by Gasteiger charge is 2.16. The maximum Gasteiger partial charge on any atom is 0.292 e. The summed E-state index contributed by atoms with van der Waals surface area (Å²) in [6.07, 6.45) is 2.51. The first-order chi connectivity index (χ1) is 9.01.